The summed E-state index contributed by atoms with van der Waals surface area (Å²) in [6, 6.07) is -0.168. The summed E-state index contributed by atoms with van der Waals surface area (Å²) in [5.41, 5.74) is 0.628. The quantitative estimate of drug-likeness (QED) is 0.702. The second-order valence-electron chi connectivity index (χ2n) is 4.86. The SMILES string of the molecule is CC1=CN([C@H]2C[C@H](n3ncnn3)[C@@H](CO)O2)CNC1=O. The molecule has 1 amide bonds. The van der Waals surface area contributed by atoms with E-state index in [2.05, 4.69) is 20.7 Å². The predicted molar refractivity (Wildman–Crippen MR) is 65.8 cm³/mol. The van der Waals surface area contributed by atoms with Crippen LogP contribution in [0.5, 0.6) is 0 Å². The Morgan fingerprint density at radius 2 is 2.45 bits per heavy atom. The van der Waals surface area contributed by atoms with Crippen molar-refractivity contribution in [2.75, 3.05) is 13.3 Å². The fraction of sp³-hybridized carbons (Fsp3) is 0.636. The van der Waals surface area contributed by atoms with Gasteiger partial charge in [-0.3, -0.25) is 4.79 Å². The van der Waals surface area contributed by atoms with Gasteiger partial charge in [0.25, 0.3) is 0 Å². The number of aliphatic hydroxyl groups is 1. The van der Waals surface area contributed by atoms with Crippen molar-refractivity contribution in [3.8, 4) is 0 Å². The van der Waals surface area contributed by atoms with E-state index in [1.54, 1.807) is 13.1 Å². The van der Waals surface area contributed by atoms with Gasteiger partial charge in [0.15, 0.2) is 6.33 Å². The molecule has 0 unspecified atom stereocenters. The van der Waals surface area contributed by atoms with Gasteiger partial charge in [-0.25, -0.2) is 0 Å². The summed E-state index contributed by atoms with van der Waals surface area (Å²) in [6.07, 6.45) is 3.11. The molecule has 2 N–H and O–H groups in total. The van der Waals surface area contributed by atoms with Crippen LogP contribution in [0, 0.1) is 0 Å². The molecule has 0 aliphatic carbocycles. The highest BCUT2D eigenvalue weighted by Gasteiger charge is 2.40. The van der Waals surface area contributed by atoms with E-state index in [-0.39, 0.29) is 30.9 Å². The number of amides is 1. The standard InChI is InChI=1S/C11H16N6O3/c1-7-3-16(6-12-11(7)19)10-2-8(9(4-18)20-10)17-14-5-13-15-17/h3,5,8-10,18H,2,4,6H2,1H3,(H,12,19)/t8-,9+,10+/m0/s1. The van der Waals surface area contributed by atoms with Crippen molar-refractivity contribution in [1.82, 2.24) is 30.4 Å². The molecule has 3 atom stereocenters. The van der Waals surface area contributed by atoms with E-state index in [1.165, 1.54) is 11.1 Å². The van der Waals surface area contributed by atoms with Crippen molar-refractivity contribution in [3.05, 3.63) is 18.1 Å². The molecule has 0 saturated carbocycles. The summed E-state index contributed by atoms with van der Waals surface area (Å²) >= 11 is 0. The molecular formula is C11H16N6O3. The zero-order valence-corrected chi connectivity index (χ0v) is 11.0. The van der Waals surface area contributed by atoms with E-state index in [9.17, 15) is 9.90 Å². The van der Waals surface area contributed by atoms with Gasteiger partial charge >= 0.3 is 0 Å². The van der Waals surface area contributed by atoms with Crippen LogP contribution >= 0.6 is 0 Å². The molecule has 2 aliphatic rings. The van der Waals surface area contributed by atoms with Crippen LogP contribution in [0.3, 0.4) is 0 Å². The molecule has 0 aromatic carbocycles. The minimum atomic E-state index is -0.388. The number of aliphatic hydroxyl groups excluding tert-OH is 1. The second-order valence-corrected chi connectivity index (χ2v) is 4.86. The van der Waals surface area contributed by atoms with Crippen molar-refractivity contribution >= 4 is 5.91 Å². The molecule has 20 heavy (non-hydrogen) atoms. The second kappa shape index (κ2) is 5.17. The molecule has 1 saturated heterocycles. The van der Waals surface area contributed by atoms with Crippen LogP contribution in [0.1, 0.15) is 19.4 Å². The Morgan fingerprint density at radius 3 is 3.10 bits per heavy atom. The van der Waals surface area contributed by atoms with Crippen molar-refractivity contribution in [2.45, 2.75) is 31.7 Å². The number of hydrogen-bond donors (Lipinski definition) is 2. The summed E-state index contributed by atoms with van der Waals surface area (Å²) in [5.74, 6) is -0.0764. The largest absolute Gasteiger partial charge is 0.394 e. The molecule has 0 bridgehead atoms. The molecular weight excluding hydrogens is 264 g/mol. The molecule has 0 spiro atoms. The third kappa shape index (κ3) is 2.25. The third-order valence-corrected chi connectivity index (χ3v) is 3.56. The predicted octanol–water partition coefficient (Wildman–Crippen LogP) is -1.39. The number of nitrogens with one attached hydrogen (secondary N) is 1. The number of tetrazole rings is 1. The van der Waals surface area contributed by atoms with E-state index >= 15 is 0 Å². The zero-order chi connectivity index (χ0) is 14.1. The number of ether oxygens (including phenoxy) is 1. The Hall–Kier alpha value is -2.00. The van der Waals surface area contributed by atoms with Gasteiger partial charge in [0, 0.05) is 18.2 Å². The van der Waals surface area contributed by atoms with Gasteiger partial charge in [-0.2, -0.15) is 4.80 Å². The summed E-state index contributed by atoms with van der Waals surface area (Å²) in [5, 5.41) is 23.7. The average molecular weight is 280 g/mol. The van der Waals surface area contributed by atoms with E-state index in [0.717, 1.165) is 0 Å². The number of rotatable bonds is 3. The van der Waals surface area contributed by atoms with Crippen molar-refractivity contribution in [2.24, 2.45) is 0 Å². The molecule has 2 aliphatic heterocycles. The van der Waals surface area contributed by atoms with Crippen molar-refractivity contribution in [3.63, 3.8) is 0 Å². The molecule has 108 valence electrons. The highest BCUT2D eigenvalue weighted by atomic mass is 16.5. The molecule has 1 aromatic rings. The lowest BCUT2D eigenvalue weighted by molar-refractivity contribution is -0.120. The lowest BCUT2D eigenvalue weighted by Gasteiger charge is -2.31. The molecule has 9 heteroatoms. The van der Waals surface area contributed by atoms with Crippen LogP contribution in [0.4, 0.5) is 0 Å². The maximum absolute atomic E-state index is 11.4. The fourth-order valence-corrected chi connectivity index (χ4v) is 2.50. The average Bonchev–Trinajstić information content (AvgIpc) is 3.09. The van der Waals surface area contributed by atoms with Crippen molar-refractivity contribution < 1.29 is 14.6 Å². The lowest BCUT2D eigenvalue weighted by Crippen LogP contribution is -2.45. The van der Waals surface area contributed by atoms with Gasteiger partial charge in [-0.1, -0.05) is 0 Å². The maximum atomic E-state index is 11.4. The Labute approximate surface area is 115 Å². The van der Waals surface area contributed by atoms with Crippen LogP contribution in [-0.2, 0) is 9.53 Å². The van der Waals surface area contributed by atoms with Crippen molar-refractivity contribution in [1.29, 1.82) is 0 Å². The Bertz CT molecular complexity index is 516. The topological polar surface area (TPSA) is 105 Å². The Kier molecular flexibility index (Phi) is 3.36. The van der Waals surface area contributed by atoms with Crippen LogP contribution in [-0.4, -0.2) is 61.7 Å². The lowest BCUT2D eigenvalue weighted by atomic mass is 10.1. The first-order valence-electron chi connectivity index (χ1n) is 6.40. The van der Waals surface area contributed by atoms with Crippen LogP contribution in [0.15, 0.2) is 18.1 Å². The van der Waals surface area contributed by atoms with Gasteiger partial charge in [-0.15, -0.1) is 10.2 Å². The van der Waals surface area contributed by atoms with Crippen LogP contribution in [0.2, 0.25) is 0 Å². The van der Waals surface area contributed by atoms with Crippen LogP contribution in [0.25, 0.3) is 0 Å². The van der Waals surface area contributed by atoms with Crippen LogP contribution < -0.4 is 5.32 Å². The Morgan fingerprint density at radius 1 is 1.60 bits per heavy atom. The fourth-order valence-electron chi connectivity index (χ4n) is 2.50. The molecule has 1 aromatic heterocycles. The number of nitrogens with zero attached hydrogens (tertiary/aromatic N) is 5. The maximum Gasteiger partial charge on any atom is 0.249 e. The van der Waals surface area contributed by atoms with Gasteiger partial charge in [0.2, 0.25) is 5.91 Å². The number of aromatic nitrogens is 4. The number of carbonyl (C=O) groups is 1. The first-order valence-corrected chi connectivity index (χ1v) is 6.40. The van der Waals surface area contributed by atoms with E-state index in [0.29, 0.717) is 18.7 Å². The van der Waals surface area contributed by atoms with E-state index < -0.39 is 0 Å². The van der Waals surface area contributed by atoms with Gasteiger partial charge in [-0.05, 0) is 12.1 Å². The van der Waals surface area contributed by atoms with Gasteiger partial charge < -0.3 is 20.1 Å². The number of hydrogen-bond acceptors (Lipinski definition) is 7. The highest BCUT2D eigenvalue weighted by molar-refractivity contribution is 5.93. The highest BCUT2D eigenvalue weighted by Crippen LogP contribution is 2.31. The van der Waals surface area contributed by atoms with Gasteiger partial charge in [0.1, 0.15) is 18.4 Å². The molecule has 3 rings (SSSR count). The Balaban J connectivity index is 1.75. The molecule has 1 fully saturated rings. The minimum absolute atomic E-state index is 0.0764. The summed E-state index contributed by atoms with van der Waals surface area (Å²) < 4.78 is 5.82. The molecule has 3 heterocycles. The summed E-state index contributed by atoms with van der Waals surface area (Å²) in [4.78, 5) is 14.8. The van der Waals surface area contributed by atoms with E-state index in [1.807, 2.05) is 4.90 Å². The molecule has 9 nitrogen and oxygen atoms in total. The molecule has 0 radical (unpaired) electrons. The smallest absolute Gasteiger partial charge is 0.249 e. The monoisotopic (exact) mass is 280 g/mol. The van der Waals surface area contributed by atoms with Gasteiger partial charge in [0.05, 0.1) is 13.3 Å². The first kappa shape index (κ1) is 13.0. The summed E-state index contributed by atoms with van der Waals surface area (Å²) in [6.45, 7) is 2.01. The normalized spacial score (nSPS) is 30.3. The number of carbonyl (C=O) groups excluding carboxylic acids is 1. The summed E-state index contributed by atoms with van der Waals surface area (Å²) in [7, 11) is 0. The first-order chi connectivity index (χ1) is 9.69. The minimum Gasteiger partial charge on any atom is -0.394 e. The zero-order valence-electron chi connectivity index (χ0n) is 11.0. The third-order valence-electron chi connectivity index (χ3n) is 3.56. The van der Waals surface area contributed by atoms with E-state index in [4.69, 9.17) is 4.74 Å².